The minimum Gasteiger partial charge on any atom is -0.481 e. The SMILES string of the molecule is CCC1c2cc3[nH]c4c(c3C)C(=O)[C@H](C)c4c3nc(cc4[nH]c(cc(n2)[C@@H]1C)c(C(C)=O)c4C)[C@@H](C)C3CCC(=O)O. The van der Waals surface area contributed by atoms with E-state index < -0.39 is 5.97 Å². The van der Waals surface area contributed by atoms with Crippen LogP contribution in [0.5, 0.6) is 0 Å². The lowest BCUT2D eigenvalue weighted by Crippen LogP contribution is -2.10. The second kappa shape index (κ2) is 10.0. The van der Waals surface area contributed by atoms with Crippen LogP contribution in [0.25, 0.3) is 22.1 Å². The normalized spacial score (nSPS) is 23.0. The van der Waals surface area contributed by atoms with Gasteiger partial charge in [0.25, 0.3) is 0 Å². The summed E-state index contributed by atoms with van der Waals surface area (Å²) in [6.07, 6.45) is 1.33. The molecule has 3 aliphatic rings. The number of fused-ring (bicyclic) bond motifs is 8. The van der Waals surface area contributed by atoms with Gasteiger partial charge < -0.3 is 15.1 Å². The third kappa shape index (κ3) is 4.14. The first-order valence-electron chi connectivity index (χ1n) is 15.0. The van der Waals surface area contributed by atoms with Crippen LogP contribution >= 0.6 is 0 Å². The topological polar surface area (TPSA) is 129 Å². The van der Waals surface area contributed by atoms with Crippen molar-refractivity contribution in [3.8, 4) is 0 Å². The van der Waals surface area contributed by atoms with Gasteiger partial charge in [0, 0.05) is 80.8 Å². The van der Waals surface area contributed by atoms with E-state index in [9.17, 15) is 19.5 Å². The number of H-pyrrole nitrogens is 2. The van der Waals surface area contributed by atoms with Crippen LogP contribution in [0, 0.1) is 13.8 Å². The van der Waals surface area contributed by atoms with E-state index in [1.165, 1.54) is 0 Å². The Labute approximate surface area is 245 Å². The molecule has 1 aliphatic carbocycles. The summed E-state index contributed by atoms with van der Waals surface area (Å²) < 4.78 is 0. The first-order chi connectivity index (χ1) is 19.9. The van der Waals surface area contributed by atoms with Gasteiger partial charge in [-0.3, -0.25) is 24.4 Å². The van der Waals surface area contributed by atoms with Crippen molar-refractivity contribution in [2.24, 2.45) is 0 Å². The van der Waals surface area contributed by atoms with Gasteiger partial charge in [-0.1, -0.05) is 27.7 Å². The number of ketones is 2. The highest BCUT2D eigenvalue weighted by Gasteiger charge is 2.39. The lowest BCUT2D eigenvalue weighted by atomic mass is 9.84. The molecule has 8 heteroatoms. The molecular formula is C34H38N4O4. The van der Waals surface area contributed by atoms with Crippen molar-refractivity contribution >= 4 is 39.6 Å². The molecular weight excluding hydrogens is 528 g/mol. The lowest BCUT2D eigenvalue weighted by molar-refractivity contribution is -0.137. The fourth-order valence-electron chi connectivity index (χ4n) is 7.49. The van der Waals surface area contributed by atoms with Gasteiger partial charge in [-0.2, -0.15) is 0 Å². The Balaban J connectivity index is 1.78. The van der Waals surface area contributed by atoms with E-state index in [0.717, 1.165) is 68.0 Å². The molecule has 3 N–H and O–H groups in total. The van der Waals surface area contributed by atoms with Crippen LogP contribution in [0.1, 0.15) is 144 Å². The molecule has 42 heavy (non-hydrogen) atoms. The van der Waals surface area contributed by atoms with Crippen LogP contribution < -0.4 is 0 Å². The van der Waals surface area contributed by atoms with Crippen LogP contribution in [0.3, 0.4) is 0 Å². The summed E-state index contributed by atoms with van der Waals surface area (Å²) in [6, 6.07) is 6.07. The molecule has 8 bridgehead atoms. The standard InChI is InChI=1S/C34H38N4O4/c1-8-20-14(2)22-13-27-29(19(7)39)16(4)24(36-27)11-23-15(3)21(9-10-28(40)41)32(37-23)30-18(6)34(42)31-17(5)25(38-33(30)31)12-26(20)35-22/h11-15,18,20-21,36,38H,8-10H2,1-7H3,(H,40,41)/t14-,15+,18-,20?,21?/m1/s1. The van der Waals surface area contributed by atoms with E-state index in [1.807, 2.05) is 32.9 Å². The number of hydrogen-bond acceptors (Lipinski definition) is 5. The maximum absolute atomic E-state index is 13.7. The second-order valence-corrected chi connectivity index (χ2v) is 12.4. The molecule has 218 valence electrons. The van der Waals surface area contributed by atoms with Gasteiger partial charge in [0.2, 0.25) is 0 Å². The van der Waals surface area contributed by atoms with E-state index in [2.05, 4.69) is 36.8 Å². The number of nitrogens with zero attached hydrogens (tertiary/aromatic N) is 2. The lowest BCUT2D eigenvalue weighted by Gasteiger charge is -2.17. The Bertz CT molecular complexity index is 1850. The third-order valence-electron chi connectivity index (χ3n) is 9.94. The molecule has 6 rings (SSSR count). The van der Waals surface area contributed by atoms with Gasteiger partial charge in [0.05, 0.1) is 16.7 Å². The summed E-state index contributed by atoms with van der Waals surface area (Å²) >= 11 is 0. The number of aryl methyl sites for hydroxylation is 2. The van der Waals surface area contributed by atoms with Crippen molar-refractivity contribution in [2.75, 3.05) is 0 Å². The number of aromatic nitrogens is 4. The molecule has 5 atom stereocenters. The first-order valence-corrected chi connectivity index (χ1v) is 15.0. The molecule has 5 heterocycles. The van der Waals surface area contributed by atoms with Crippen molar-refractivity contribution < 1.29 is 19.5 Å². The number of Topliss-reactive ketones (excluding diaryl/α,β-unsaturated/α-hetero) is 2. The predicted octanol–water partition coefficient (Wildman–Crippen LogP) is 7.48. The van der Waals surface area contributed by atoms with Crippen molar-refractivity contribution in [2.45, 2.75) is 97.3 Å². The van der Waals surface area contributed by atoms with E-state index in [1.54, 1.807) is 6.92 Å². The Kier molecular flexibility index (Phi) is 6.71. The largest absolute Gasteiger partial charge is 0.481 e. The van der Waals surface area contributed by atoms with Crippen LogP contribution in [-0.4, -0.2) is 42.6 Å². The van der Waals surface area contributed by atoms with Crippen LogP contribution in [0.15, 0.2) is 18.2 Å². The molecule has 0 spiro atoms. The monoisotopic (exact) mass is 566 g/mol. The summed E-state index contributed by atoms with van der Waals surface area (Å²) in [4.78, 5) is 55.5. The van der Waals surface area contributed by atoms with Gasteiger partial charge in [0.1, 0.15) is 0 Å². The Morgan fingerprint density at radius 1 is 0.881 bits per heavy atom. The van der Waals surface area contributed by atoms with Gasteiger partial charge in [0.15, 0.2) is 11.6 Å². The second-order valence-electron chi connectivity index (χ2n) is 12.4. The number of nitrogens with one attached hydrogen (secondary N) is 2. The summed E-state index contributed by atoms with van der Waals surface area (Å²) in [5.41, 5.74) is 10.6. The number of aromatic amines is 2. The van der Waals surface area contributed by atoms with Crippen molar-refractivity contribution in [1.29, 1.82) is 0 Å². The van der Waals surface area contributed by atoms with Gasteiger partial charge in [-0.25, -0.2) is 0 Å². The molecule has 0 aromatic carbocycles. The number of rotatable bonds is 5. The smallest absolute Gasteiger partial charge is 0.303 e. The van der Waals surface area contributed by atoms with Gasteiger partial charge in [-0.05, 0) is 62.9 Å². The number of carbonyl (C=O) groups is 3. The summed E-state index contributed by atoms with van der Waals surface area (Å²) in [5.74, 6) is -1.09. The van der Waals surface area contributed by atoms with E-state index in [0.29, 0.717) is 17.5 Å². The zero-order chi connectivity index (χ0) is 30.2. The molecule has 0 amide bonds. The van der Waals surface area contributed by atoms with E-state index in [4.69, 9.17) is 9.97 Å². The molecule has 8 nitrogen and oxygen atoms in total. The number of carboxylic acid groups (broad SMARTS) is 1. The van der Waals surface area contributed by atoms with Crippen LogP contribution in [-0.2, 0) is 4.79 Å². The number of carboxylic acids is 1. The Morgan fingerprint density at radius 3 is 2.17 bits per heavy atom. The van der Waals surface area contributed by atoms with E-state index in [-0.39, 0.29) is 47.6 Å². The van der Waals surface area contributed by atoms with Crippen molar-refractivity contribution in [1.82, 2.24) is 19.9 Å². The van der Waals surface area contributed by atoms with Gasteiger partial charge in [-0.15, -0.1) is 0 Å². The number of carbonyl (C=O) groups excluding carboxylic acids is 2. The summed E-state index contributed by atoms with van der Waals surface area (Å²) in [6.45, 7) is 13.8. The maximum atomic E-state index is 13.7. The average molecular weight is 567 g/mol. The van der Waals surface area contributed by atoms with Crippen LogP contribution in [0.4, 0.5) is 0 Å². The summed E-state index contributed by atoms with van der Waals surface area (Å²) in [5, 5.41) is 9.55. The predicted molar refractivity (Wildman–Crippen MR) is 163 cm³/mol. The molecule has 2 unspecified atom stereocenters. The molecule has 2 aliphatic heterocycles. The number of aliphatic carboxylic acids is 1. The Morgan fingerprint density at radius 2 is 1.50 bits per heavy atom. The highest BCUT2D eigenvalue weighted by molar-refractivity contribution is 6.15. The van der Waals surface area contributed by atoms with Crippen molar-refractivity contribution in [3.05, 3.63) is 68.8 Å². The molecule has 3 aromatic heterocycles. The molecule has 0 saturated heterocycles. The third-order valence-corrected chi connectivity index (χ3v) is 9.94. The van der Waals surface area contributed by atoms with Crippen molar-refractivity contribution in [3.63, 3.8) is 0 Å². The number of hydrogen-bond donors (Lipinski definition) is 3. The zero-order valence-electron chi connectivity index (χ0n) is 25.3. The van der Waals surface area contributed by atoms with Crippen LogP contribution in [0.2, 0.25) is 0 Å². The highest BCUT2D eigenvalue weighted by atomic mass is 16.4. The first kappa shape index (κ1) is 28.1. The molecule has 0 radical (unpaired) electrons. The molecule has 0 fully saturated rings. The Hall–Kier alpha value is -4.07. The zero-order valence-corrected chi connectivity index (χ0v) is 25.3. The fourth-order valence-corrected chi connectivity index (χ4v) is 7.49. The molecule has 3 aromatic rings. The van der Waals surface area contributed by atoms with E-state index >= 15 is 0 Å². The highest BCUT2D eigenvalue weighted by Crippen LogP contribution is 2.47. The minimum atomic E-state index is -0.856. The quantitative estimate of drug-likeness (QED) is 0.275. The summed E-state index contributed by atoms with van der Waals surface area (Å²) in [7, 11) is 0. The maximum Gasteiger partial charge on any atom is 0.303 e. The minimum absolute atomic E-state index is 0.0106. The fraction of sp³-hybridized carbons (Fsp3) is 0.441. The molecule has 0 saturated carbocycles. The van der Waals surface area contributed by atoms with Gasteiger partial charge >= 0.3 is 5.97 Å². The average Bonchev–Trinajstić information content (AvgIpc) is 3.65.